The maximum atomic E-state index is 11.8. The van der Waals surface area contributed by atoms with Crippen LogP contribution >= 0.6 is 11.6 Å². The second kappa shape index (κ2) is 7.65. The fourth-order valence-corrected chi connectivity index (χ4v) is 1.59. The maximum absolute atomic E-state index is 11.8. The molecule has 0 aromatic heterocycles. The lowest BCUT2D eigenvalue weighted by atomic mass is 10.2. The van der Waals surface area contributed by atoms with Gasteiger partial charge in [-0.05, 0) is 32.0 Å². The highest BCUT2D eigenvalue weighted by Gasteiger charge is 2.18. The highest BCUT2D eigenvalue weighted by molar-refractivity contribution is 6.30. The van der Waals surface area contributed by atoms with Gasteiger partial charge in [-0.2, -0.15) is 0 Å². The van der Waals surface area contributed by atoms with Gasteiger partial charge in [-0.3, -0.25) is 9.59 Å². The fourth-order valence-electron chi connectivity index (χ4n) is 1.40. The predicted octanol–water partition coefficient (Wildman–Crippen LogP) is 2.58. The van der Waals surface area contributed by atoms with Crippen LogP contribution in [0.3, 0.4) is 0 Å². The molecule has 0 spiro atoms. The molecule has 1 aromatic carbocycles. The summed E-state index contributed by atoms with van der Waals surface area (Å²) in [6, 6.07) is 6.64. The molecule has 0 unspecified atom stereocenters. The molecular weight excluding hydrogens is 282 g/mol. The molecule has 0 aliphatic carbocycles. The van der Waals surface area contributed by atoms with Gasteiger partial charge in [0, 0.05) is 17.1 Å². The number of Topliss-reactive ketones (excluding diaryl/α,β-unsaturated/α-hetero) is 1. The normalized spacial score (nSPS) is 11.6. The Balaban J connectivity index is 2.46. The number of carbonyl (C=O) groups excluding carboxylic acids is 3. The van der Waals surface area contributed by atoms with E-state index in [1.165, 1.54) is 13.8 Å². The lowest BCUT2D eigenvalue weighted by molar-refractivity contribution is -0.153. The summed E-state index contributed by atoms with van der Waals surface area (Å²) in [5.74, 6) is -1.13. The van der Waals surface area contributed by atoms with Crippen molar-refractivity contribution in [2.45, 2.75) is 32.8 Å². The van der Waals surface area contributed by atoms with E-state index in [0.29, 0.717) is 10.7 Å². The standard InChI is InChI=1S/C14H16ClNO4/c1-9(17)6-7-13(18)20-10(2)14(19)16-12-5-3-4-11(15)8-12/h3-5,8,10H,6-7H2,1-2H3,(H,16,19)/t10-/m1/s1. The van der Waals surface area contributed by atoms with Gasteiger partial charge in [-0.15, -0.1) is 0 Å². The first-order chi connectivity index (χ1) is 9.38. The van der Waals surface area contributed by atoms with Crippen molar-refractivity contribution >= 4 is 34.9 Å². The molecule has 1 aromatic rings. The minimum absolute atomic E-state index is 0.0237. The van der Waals surface area contributed by atoms with E-state index >= 15 is 0 Å². The largest absolute Gasteiger partial charge is 0.453 e. The van der Waals surface area contributed by atoms with Crippen molar-refractivity contribution in [1.82, 2.24) is 0 Å². The van der Waals surface area contributed by atoms with E-state index in [4.69, 9.17) is 16.3 Å². The lowest BCUT2D eigenvalue weighted by Gasteiger charge is -2.13. The minimum Gasteiger partial charge on any atom is -0.453 e. The van der Waals surface area contributed by atoms with Gasteiger partial charge in [0.2, 0.25) is 0 Å². The summed E-state index contributed by atoms with van der Waals surface area (Å²) in [6.07, 6.45) is -0.848. The summed E-state index contributed by atoms with van der Waals surface area (Å²) in [5, 5.41) is 3.08. The molecule has 1 atom stereocenters. The maximum Gasteiger partial charge on any atom is 0.307 e. The van der Waals surface area contributed by atoms with Crippen LogP contribution in [0, 0.1) is 0 Å². The molecule has 0 bridgehead atoms. The van der Waals surface area contributed by atoms with E-state index in [2.05, 4.69) is 5.32 Å². The Morgan fingerprint density at radius 3 is 2.60 bits per heavy atom. The van der Waals surface area contributed by atoms with E-state index in [1.807, 2.05) is 0 Å². The average molecular weight is 298 g/mol. The number of halogens is 1. The number of hydrogen-bond donors (Lipinski definition) is 1. The number of rotatable bonds is 6. The van der Waals surface area contributed by atoms with Gasteiger partial charge in [-0.1, -0.05) is 17.7 Å². The Labute approximate surface area is 122 Å². The Morgan fingerprint density at radius 1 is 1.30 bits per heavy atom. The highest BCUT2D eigenvalue weighted by Crippen LogP contribution is 2.15. The van der Waals surface area contributed by atoms with Crippen molar-refractivity contribution in [1.29, 1.82) is 0 Å². The van der Waals surface area contributed by atoms with Crippen LogP contribution in [-0.4, -0.2) is 23.8 Å². The summed E-state index contributed by atoms with van der Waals surface area (Å²) >= 11 is 5.79. The van der Waals surface area contributed by atoms with Crippen molar-refractivity contribution in [2.24, 2.45) is 0 Å². The molecule has 0 radical (unpaired) electrons. The highest BCUT2D eigenvalue weighted by atomic mass is 35.5. The molecule has 20 heavy (non-hydrogen) atoms. The number of hydrogen-bond acceptors (Lipinski definition) is 4. The van der Waals surface area contributed by atoms with Crippen molar-refractivity contribution in [3.8, 4) is 0 Å². The summed E-state index contributed by atoms with van der Waals surface area (Å²) in [7, 11) is 0. The number of amides is 1. The first kappa shape index (κ1) is 16.2. The summed E-state index contributed by atoms with van der Waals surface area (Å²) in [5.41, 5.74) is 0.522. The van der Waals surface area contributed by atoms with E-state index < -0.39 is 18.0 Å². The topological polar surface area (TPSA) is 72.5 Å². The van der Waals surface area contributed by atoms with Crippen molar-refractivity contribution < 1.29 is 19.1 Å². The smallest absolute Gasteiger partial charge is 0.307 e. The summed E-state index contributed by atoms with van der Waals surface area (Å²) < 4.78 is 4.93. The van der Waals surface area contributed by atoms with E-state index in [0.717, 1.165) is 0 Å². The Kier molecular flexibility index (Phi) is 6.18. The third-order valence-corrected chi connectivity index (χ3v) is 2.69. The van der Waals surface area contributed by atoms with Crippen LogP contribution in [0.25, 0.3) is 0 Å². The SMILES string of the molecule is CC(=O)CCC(=O)O[C@H](C)C(=O)Nc1cccc(Cl)c1. The molecule has 0 saturated carbocycles. The Morgan fingerprint density at radius 2 is 2.00 bits per heavy atom. The van der Waals surface area contributed by atoms with Crippen LogP contribution in [0.1, 0.15) is 26.7 Å². The monoisotopic (exact) mass is 297 g/mol. The summed E-state index contributed by atoms with van der Waals surface area (Å²) in [4.78, 5) is 33.9. The van der Waals surface area contributed by atoms with Crippen LogP contribution in [0.5, 0.6) is 0 Å². The number of carbonyl (C=O) groups is 3. The van der Waals surface area contributed by atoms with Gasteiger partial charge in [-0.25, -0.2) is 0 Å². The summed E-state index contributed by atoms with van der Waals surface area (Å²) in [6.45, 7) is 2.86. The van der Waals surface area contributed by atoms with Gasteiger partial charge in [0.1, 0.15) is 5.78 Å². The van der Waals surface area contributed by atoms with Gasteiger partial charge >= 0.3 is 5.97 Å². The number of ether oxygens (including phenoxy) is 1. The van der Waals surface area contributed by atoms with Crippen LogP contribution in [0.15, 0.2) is 24.3 Å². The molecule has 5 nitrogen and oxygen atoms in total. The van der Waals surface area contributed by atoms with Gasteiger partial charge in [0.15, 0.2) is 6.10 Å². The van der Waals surface area contributed by atoms with Crippen LogP contribution in [0.4, 0.5) is 5.69 Å². The van der Waals surface area contributed by atoms with Crippen molar-refractivity contribution in [3.05, 3.63) is 29.3 Å². The number of esters is 1. The lowest BCUT2D eigenvalue weighted by Crippen LogP contribution is -2.30. The molecule has 108 valence electrons. The van der Waals surface area contributed by atoms with Gasteiger partial charge < -0.3 is 14.8 Å². The average Bonchev–Trinajstić information content (AvgIpc) is 2.36. The number of benzene rings is 1. The van der Waals surface area contributed by atoms with Crippen molar-refractivity contribution in [2.75, 3.05) is 5.32 Å². The number of nitrogens with one attached hydrogen (secondary N) is 1. The minimum atomic E-state index is -0.937. The Hall–Kier alpha value is -1.88. The molecular formula is C14H16ClNO4. The van der Waals surface area contributed by atoms with Crippen molar-refractivity contribution in [3.63, 3.8) is 0 Å². The quantitative estimate of drug-likeness (QED) is 0.819. The van der Waals surface area contributed by atoms with Crippen LogP contribution in [0.2, 0.25) is 5.02 Å². The van der Waals surface area contributed by atoms with Crippen LogP contribution in [-0.2, 0) is 19.1 Å². The molecule has 1 amide bonds. The zero-order chi connectivity index (χ0) is 15.1. The molecule has 0 aliphatic heterocycles. The molecule has 1 N–H and O–H groups in total. The fraction of sp³-hybridized carbons (Fsp3) is 0.357. The van der Waals surface area contributed by atoms with Gasteiger partial charge in [0.25, 0.3) is 5.91 Å². The second-order valence-electron chi connectivity index (χ2n) is 4.33. The molecule has 1 rings (SSSR count). The molecule has 6 heteroatoms. The third kappa shape index (κ3) is 5.84. The zero-order valence-electron chi connectivity index (χ0n) is 11.3. The first-order valence-corrected chi connectivity index (χ1v) is 6.51. The second-order valence-corrected chi connectivity index (χ2v) is 4.77. The first-order valence-electron chi connectivity index (χ1n) is 6.14. The van der Waals surface area contributed by atoms with E-state index in [9.17, 15) is 14.4 Å². The number of anilines is 1. The van der Waals surface area contributed by atoms with E-state index in [-0.39, 0.29) is 18.6 Å². The van der Waals surface area contributed by atoms with Crippen LogP contribution < -0.4 is 5.32 Å². The van der Waals surface area contributed by atoms with Gasteiger partial charge in [0.05, 0.1) is 6.42 Å². The third-order valence-electron chi connectivity index (χ3n) is 2.45. The molecule has 0 aliphatic rings. The zero-order valence-corrected chi connectivity index (χ0v) is 12.1. The van der Waals surface area contributed by atoms with E-state index in [1.54, 1.807) is 24.3 Å². The molecule has 0 saturated heterocycles. The Bertz CT molecular complexity index is 516. The molecule has 0 fully saturated rings. The predicted molar refractivity (Wildman–Crippen MR) is 75.6 cm³/mol. The number of ketones is 1. The molecule has 0 heterocycles.